The summed E-state index contributed by atoms with van der Waals surface area (Å²) in [6.45, 7) is 6.24. The van der Waals surface area contributed by atoms with Crippen molar-refractivity contribution < 1.29 is 19.1 Å². The summed E-state index contributed by atoms with van der Waals surface area (Å²) in [5.74, 6) is -0.182. The van der Waals surface area contributed by atoms with Crippen LogP contribution in [0.15, 0.2) is 0 Å². The Hall–Kier alpha value is -1.26. The van der Waals surface area contributed by atoms with Gasteiger partial charge < -0.3 is 14.4 Å². The first-order chi connectivity index (χ1) is 9.30. The molecule has 20 heavy (non-hydrogen) atoms. The number of likely N-dealkylation sites (tertiary alicyclic amines) is 1. The smallest absolute Gasteiger partial charge is 0.410 e. The third-order valence-corrected chi connectivity index (χ3v) is 4.15. The van der Waals surface area contributed by atoms with E-state index in [1.54, 1.807) is 4.90 Å². The fraction of sp³-hybridized carbons (Fsp3) is 0.867. The van der Waals surface area contributed by atoms with Crippen LogP contribution in [0.2, 0.25) is 0 Å². The monoisotopic (exact) mass is 283 g/mol. The molecule has 0 N–H and O–H groups in total. The van der Waals surface area contributed by atoms with Crippen molar-refractivity contribution in [3.63, 3.8) is 0 Å². The molecule has 2 aliphatic rings. The van der Waals surface area contributed by atoms with E-state index >= 15 is 0 Å². The molecule has 0 aromatic heterocycles. The van der Waals surface area contributed by atoms with Crippen LogP contribution in [0.25, 0.3) is 0 Å². The fourth-order valence-electron chi connectivity index (χ4n) is 3.06. The highest BCUT2D eigenvalue weighted by Gasteiger charge is 2.59. The summed E-state index contributed by atoms with van der Waals surface area (Å²) in [5, 5.41) is 0. The van der Waals surface area contributed by atoms with Crippen LogP contribution < -0.4 is 0 Å². The maximum Gasteiger partial charge on any atom is 0.410 e. The Morgan fingerprint density at radius 3 is 2.35 bits per heavy atom. The summed E-state index contributed by atoms with van der Waals surface area (Å²) in [6, 6.07) is -0.0708. The van der Waals surface area contributed by atoms with Crippen LogP contribution >= 0.6 is 0 Å². The van der Waals surface area contributed by atoms with Crippen LogP contribution in [0.1, 0.15) is 52.9 Å². The highest BCUT2D eigenvalue weighted by atomic mass is 16.6. The van der Waals surface area contributed by atoms with E-state index in [1.807, 2.05) is 20.8 Å². The number of carbonyl (C=O) groups excluding carboxylic acids is 2. The number of methoxy groups -OCH3 is 1. The average Bonchev–Trinajstić information content (AvgIpc) is 3.17. The fourth-order valence-corrected chi connectivity index (χ4v) is 3.06. The number of piperidine rings is 1. The van der Waals surface area contributed by atoms with E-state index in [0.717, 1.165) is 32.1 Å². The topological polar surface area (TPSA) is 55.8 Å². The number of amides is 1. The highest BCUT2D eigenvalue weighted by molar-refractivity contribution is 5.82. The van der Waals surface area contributed by atoms with Gasteiger partial charge in [-0.2, -0.15) is 0 Å². The number of esters is 1. The molecule has 0 radical (unpaired) electrons. The molecular weight excluding hydrogens is 258 g/mol. The van der Waals surface area contributed by atoms with E-state index < -0.39 is 11.0 Å². The number of hydrogen-bond donors (Lipinski definition) is 0. The Kier molecular flexibility index (Phi) is 3.98. The summed E-state index contributed by atoms with van der Waals surface area (Å²) in [7, 11) is 1.42. The molecule has 1 amide bonds. The van der Waals surface area contributed by atoms with Crippen LogP contribution in [0.5, 0.6) is 0 Å². The van der Waals surface area contributed by atoms with Crippen molar-refractivity contribution >= 4 is 12.1 Å². The normalized spacial score (nSPS) is 25.0. The van der Waals surface area contributed by atoms with Crippen molar-refractivity contribution in [1.29, 1.82) is 0 Å². The molecule has 5 nitrogen and oxygen atoms in total. The van der Waals surface area contributed by atoms with Gasteiger partial charge in [0.25, 0.3) is 0 Å². The maximum absolute atomic E-state index is 12.4. The van der Waals surface area contributed by atoms with Crippen molar-refractivity contribution in [2.75, 3.05) is 13.7 Å². The zero-order valence-electron chi connectivity index (χ0n) is 12.9. The van der Waals surface area contributed by atoms with Gasteiger partial charge in [-0.25, -0.2) is 4.79 Å². The van der Waals surface area contributed by atoms with Crippen LogP contribution in [-0.4, -0.2) is 42.3 Å². The van der Waals surface area contributed by atoms with Gasteiger partial charge in [-0.05, 0) is 52.9 Å². The van der Waals surface area contributed by atoms with Crippen LogP contribution in [0.3, 0.4) is 0 Å². The van der Waals surface area contributed by atoms with E-state index in [1.165, 1.54) is 7.11 Å². The molecule has 1 saturated carbocycles. The molecule has 1 aliphatic heterocycles. The lowest BCUT2D eigenvalue weighted by atomic mass is 9.87. The van der Waals surface area contributed by atoms with Crippen molar-refractivity contribution in [1.82, 2.24) is 4.90 Å². The number of ether oxygens (including phenoxy) is 2. The van der Waals surface area contributed by atoms with Crippen LogP contribution in [0, 0.1) is 5.41 Å². The third kappa shape index (κ3) is 2.91. The Morgan fingerprint density at radius 2 is 1.85 bits per heavy atom. The number of rotatable bonds is 2. The number of carbonyl (C=O) groups is 2. The lowest BCUT2D eigenvalue weighted by Crippen LogP contribution is -2.52. The van der Waals surface area contributed by atoms with Gasteiger partial charge in [0, 0.05) is 6.54 Å². The van der Waals surface area contributed by atoms with Crippen LogP contribution in [0.4, 0.5) is 4.79 Å². The van der Waals surface area contributed by atoms with Gasteiger partial charge in [0.2, 0.25) is 0 Å². The van der Waals surface area contributed by atoms with Gasteiger partial charge in [0.05, 0.1) is 18.6 Å². The summed E-state index contributed by atoms with van der Waals surface area (Å²) in [5.41, 5.74) is -0.993. The van der Waals surface area contributed by atoms with E-state index in [2.05, 4.69) is 0 Å². The molecule has 1 saturated heterocycles. The predicted molar refractivity (Wildman–Crippen MR) is 74.3 cm³/mol. The molecule has 1 aliphatic carbocycles. The first kappa shape index (κ1) is 15.1. The highest BCUT2D eigenvalue weighted by Crippen LogP contribution is 2.53. The van der Waals surface area contributed by atoms with Gasteiger partial charge in [-0.15, -0.1) is 0 Å². The van der Waals surface area contributed by atoms with E-state index in [0.29, 0.717) is 6.54 Å². The van der Waals surface area contributed by atoms with Crippen LogP contribution in [-0.2, 0) is 14.3 Å². The second-order valence-corrected chi connectivity index (χ2v) is 6.83. The van der Waals surface area contributed by atoms with Crippen molar-refractivity contribution in [3.05, 3.63) is 0 Å². The first-order valence-corrected chi connectivity index (χ1v) is 7.38. The standard InChI is InChI=1S/C15H25NO4/c1-14(2,3)20-13(18)16-10-6-5-7-11(16)15(8-9-15)12(17)19-4/h11H,5-10H2,1-4H3. The summed E-state index contributed by atoms with van der Waals surface area (Å²) >= 11 is 0. The summed E-state index contributed by atoms with van der Waals surface area (Å²) < 4.78 is 10.4. The van der Waals surface area contributed by atoms with E-state index in [4.69, 9.17) is 9.47 Å². The number of hydrogen-bond acceptors (Lipinski definition) is 4. The Bertz CT molecular complexity index is 395. The molecule has 0 bridgehead atoms. The third-order valence-electron chi connectivity index (χ3n) is 4.15. The molecule has 114 valence electrons. The first-order valence-electron chi connectivity index (χ1n) is 7.38. The molecule has 2 fully saturated rings. The predicted octanol–water partition coefficient (Wildman–Crippen LogP) is 2.73. The molecule has 5 heteroatoms. The average molecular weight is 283 g/mol. The molecule has 0 spiro atoms. The zero-order chi connectivity index (χ0) is 15.0. The second-order valence-electron chi connectivity index (χ2n) is 6.83. The van der Waals surface area contributed by atoms with Gasteiger partial charge >= 0.3 is 12.1 Å². The quantitative estimate of drug-likeness (QED) is 0.731. The molecule has 1 atom stereocenters. The molecule has 0 aromatic rings. The van der Waals surface area contributed by atoms with Gasteiger partial charge in [0.15, 0.2) is 0 Å². The maximum atomic E-state index is 12.4. The molecule has 1 heterocycles. The second kappa shape index (κ2) is 5.26. The zero-order valence-corrected chi connectivity index (χ0v) is 12.9. The Labute approximate surface area is 120 Å². The minimum absolute atomic E-state index is 0.0708. The SMILES string of the molecule is COC(=O)C1(C2CCCCN2C(=O)OC(C)(C)C)CC1. The Balaban J connectivity index is 2.14. The van der Waals surface area contributed by atoms with Gasteiger partial charge in [-0.3, -0.25) is 4.79 Å². The van der Waals surface area contributed by atoms with Gasteiger partial charge in [-0.1, -0.05) is 0 Å². The molecule has 2 rings (SSSR count). The van der Waals surface area contributed by atoms with E-state index in [-0.39, 0.29) is 18.1 Å². The number of nitrogens with zero attached hydrogens (tertiary/aromatic N) is 1. The molecular formula is C15H25NO4. The summed E-state index contributed by atoms with van der Waals surface area (Å²) in [6.07, 6.45) is 4.18. The lowest BCUT2D eigenvalue weighted by molar-refractivity contribution is -0.150. The van der Waals surface area contributed by atoms with Gasteiger partial charge in [0.1, 0.15) is 5.60 Å². The molecule has 0 aromatic carbocycles. The van der Waals surface area contributed by atoms with Crippen molar-refractivity contribution in [2.45, 2.75) is 64.5 Å². The largest absolute Gasteiger partial charge is 0.469 e. The Morgan fingerprint density at radius 1 is 1.20 bits per heavy atom. The molecule has 1 unspecified atom stereocenters. The summed E-state index contributed by atoms with van der Waals surface area (Å²) in [4.78, 5) is 26.2. The van der Waals surface area contributed by atoms with E-state index in [9.17, 15) is 9.59 Å². The minimum atomic E-state index is -0.513. The minimum Gasteiger partial charge on any atom is -0.469 e. The lowest BCUT2D eigenvalue weighted by Gasteiger charge is -2.40. The van der Waals surface area contributed by atoms with Crippen molar-refractivity contribution in [2.24, 2.45) is 5.41 Å². The van der Waals surface area contributed by atoms with Crippen molar-refractivity contribution in [3.8, 4) is 0 Å².